The molecule has 0 radical (unpaired) electrons. The fraction of sp³-hybridized carbons (Fsp3) is 0.462. The zero-order valence-electron chi connectivity index (χ0n) is 9.60. The quantitative estimate of drug-likeness (QED) is 0.750. The summed E-state index contributed by atoms with van der Waals surface area (Å²) in [7, 11) is 1.41. The molecule has 1 fully saturated rings. The third kappa shape index (κ3) is 1.40. The molecule has 1 saturated carbocycles. The molecule has 1 aromatic rings. The van der Waals surface area contributed by atoms with Gasteiger partial charge in [-0.15, -0.1) is 0 Å². The van der Waals surface area contributed by atoms with Gasteiger partial charge in [0.1, 0.15) is 11.5 Å². The summed E-state index contributed by atoms with van der Waals surface area (Å²) < 4.78 is 10.4. The molecule has 0 amide bonds. The van der Waals surface area contributed by atoms with Crippen LogP contribution in [0.5, 0.6) is 11.5 Å². The third-order valence-corrected chi connectivity index (χ3v) is 3.87. The van der Waals surface area contributed by atoms with Crippen LogP contribution in [0.4, 0.5) is 0 Å². The van der Waals surface area contributed by atoms with Crippen LogP contribution in [0.15, 0.2) is 18.2 Å². The number of hydrogen-bond acceptors (Lipinski definition) is 4. The van der Waals surface area contributed by atoms with Gasteiger partial charge in [0.2, 0.25) is 0 Å². The molecule has 17 heavy (non-hydrogen) atoms. The van der Waals surface area contributed by atoms with E-state index in [-0.39, 0.29) is 23.1 Å². The van der Waals surface area contributed by atoms with Crippen LogP contribution >= 0.6 is 0 Å². The lowest BCUT2D eigenvalue weighted by Crippen LogP contribution is -2.24. The molecular weight excluding hydrogens is 220 g/mol. The zero-order valence-corrected chi connectivity index (χ0v) is 9.60. The van der Waals surface area contributed by atoms with Gasteiger partial charge in [-0.2, -0.15) is 0 Å². The maximum absolute atomic E-state index is 11.6. The number of ether oxygens (including phenoxy) is 2. The molecule has 90 valence electrons. The van der Waals surface area contributed by atoms with Crippen LogP contribution in [-0.2, 0) is 14.9 Å². The van der Waals surface area contributed by atoms with Crippen LogP contribution in [0, 0.1) is 5.92 Å². The van der Waals surface area contributed by atoms with E-state index in [4.69, 9.17) is 9.47 Å². The second kappa shape index (κ2) is 3.39. The topological polar surface area (TPSA) is 55.8 Å². The molecule has 4 nitrogen and oxygen atoms in total. The first kappa shape index (κ1) is 10.4. The minimum Gasteiger partial charge on any atom is -0.508 e. The van der Waals surface area contributed by atoms with Gasteiger partial charge >= 0.3 is 5.97 Å². The number of phenols is 1. The van der Waals surface area contributed by atoms with Crippen molar-refractivity contribution in [2.24, 2.45) is 5.92 Å². The number of carbonyl (C=O) groups is 1. The molecule has 2 aliphatic rings. The lowest BCUT2D eigenvalue weighted by Gasteiger charge is -2.26. The van der Waals surface area contributed by atoms with Gasteiger partial charge in [0.25, 0.3) is 0 Å². The highest BCUT2D eigenvalue weighted by molar-refractivity contribution is 5.80. The molecular formula is C13H14O4. The Hall–Kier alpha value is -1.71. The van der Waals surface area contributed by atoms with Crippen LogP contribution in [0.25, 0.3) is 0 Å². The Morgan fingerprint density at radius 1 is 1.59 bits per heavy atom. The number of rotatable bonds is 1. The average molecular weight is 234 g/mol. The average Bonchev–Trinajstić information content (AvgIpc) is 3.05. The Labute approximate surface area is 99.2 Å². The Kier molecular flexibility index (Phi) is 2.08. The number of carbonyl (C=O) groups excluding carboxylic acids is 1. The lowest BCUT2D eigenvalue weighted by molar-refractivity contribution is -0.142. The van der Waals surface area contributed by atoms with Gasteiger partial charge in [-0.1, -0.05) is 0 Å². The second-order valence-electron chi connectivity index (χ2n) is 4.71. The van der Waals surface area contributed by atoms with Crippen molar-refractivity contribution in [2.45, 2.75) is 18.3 Å². The first-order chi connectivity index (χ1) is 8.17. The molecule has 0 aromatic heterocycles. The molecule has 1 heterocycles. The van der Waals surface area contributed by atoms with E-state index >= 15 is 0 Å². The summed E-state index contributed by atoms with van der Waals surface area (Å²) in [5.41, 5.74) is 0.776. The number of benzene rings is 1. The highest BCUT2D eigenvalue weighted by atomic mass is 16.5. The molecule has 3 rings (SSSR count). The van der Waals surface area contributed by atoms with Crippen LogP contribution in [0.1, 0.15) is 18.4 Å². The van der Waals surface area contributed by atoms with Gasteiger partial charge in [-0.05, 0) is 31.0 Å². The minimum absolute atomic E-state index is 0.0862. The van der Waals surface area contributed by atoms with Crippen molar-refractivity contribution in [3.8, 4) is 11.5 Å². The fourth-order valence-corrected chi connectivity index (χ4v) is 2.84. The van der Waals surface area contributed by atoms with Gasteiger partial charge < -0.3 is 14.6 Å². The largest absolute Gasteiger partial charge is 0.508 e. The van der Waals surface area contributed by atoms with Crippen molar-refractivity contribution >= 4 is 5.97 Å². The van der Waals surface area contributed by atoms with E-state index in [1.807, 2.05) is 0 Å². The summed E-state index contributed by atoms with van der Waals surface area (Å²) in [4.78, 5) is 11.6. The van der Waals surface area contributed by atoms with E-state index in [9.17, 15) is 9.90 Å². The number of hydrogen-bond donors (Lipinski definition) is 1. The smallest absolute Gasteiger partial charge is 0.309 e. The Morgan fingerprint density at radius 3 is 3.18 bits per heavy atom. The van der Waals surface area contributed by atoms with Gasteiger partial charge in [0.15, 0.2) is 0 Å². The molecule has 1 aliphatic carbocycles. The third-order valence-electron chi connectivity index (χ3n) is 3.87. The summed E-state index contributed by atoms with van der Waals surface area (Å²) in [5, 5.41) is 9.56. The summed E-state index contributed by atoms with van der Waals surface area (Å²) >= 11 is 0. The number of methoxy groups -OCH3 is 1. The normalized spacial score (nSPS) is 29.4. The highest BCUT2D eigenvalue weighted by Gasteiger charge is 2.61. The number of fused-ring (bicyclic) bond motifs is 2. The van der Waals surface area contributed by atoms with Crippen molar-refractivity contribution in [2.75, 3.05) is 13.7 Å². The maximum atomic E-state index is 11.6. The van der Waals surface area contributed by atoms with E-state index in [0.717, 1.165) is 24.2 Å². The number of aromatic hydroxyl groups is 1. The predicted octanol–water partition coefficient (Wildman–Crippen LogP) is 1.61. The summed E-state index contributed by atoms with van der Waals surface area (Å²) in [5.74, 6) is 0.739. The van der Waals surface area contributed by atoms with Gasteiger partial charge in [-0.25, -0.2) is 0 Å². The van der Waals surface area contributed by atoms with Gasteiger partial charge in [-0.3, -0.25) is 4.79 Å². The van der Waals surface area contributed by atoms with Crippen molar-refractivity contribution < 1.29 is 19.4 Å². The Bertz CT molecular complexity index is 482. The molecule has 0 unspecified atom stereocenters. The van der Waals surface area contributed by atoms with E-state index in [2.05, 4.69) is 0 Å². The molecule has 1 N–H and O–H groups in total. The summed E-state index contributed by atoms with van der Waals surface area (Å²) in [6, 6.07) is 5.07. The first-order valence-electron chi connectivity index (χ1n) is 5.71. The number of phenolic OH excluding ortho intramolecular Hbond substituents is 1. The monoisotopic (exact) mass is 234 g/mol. The standard InChI is InChI=1S/C13H14O4/c1-16-12(15)10-7-13(10)4-5-17-11-3-2-8(14)6-9(11)13/h2-3,6,10,14H,4-5,7H2,1H3/t10-,13-/m1/s1. The van der Waals surface area contributed by atoms with E-state index in [1.165, 1.54) is 7.11 Å². The predicted molar refractivity (Wildman–Crippen MR) is 60.0 cm³/mol. The van der Waals surface area contributed by atoms with Crippen LogP contribution in [0.3, 0.4) is 0 Å². The fourth-order valence-electron chi connectivity index (χ4n) is 2.84. The summed E-state index contributed by atoms with van der Waals surface area (Å²) in [6.45, 7) is 0.616. The van der Waals surface area contributed by atoms with Crippen LogP contribution in [0.2, 0.25) is 0 Å². The molecule has 0 bridgehead atoms. The van der Waals surface area contributed by atoms with Gasteiger partial charge in [0.05, 0.1) is 19.6 Å². The summed E-state index contributed by atoms with van der Waals surface area (Å²) in [6.07, 6.45) is 1.60. The van der Waals surface area contributed by atoms with E-state index in [1.54, 1.807) is 18.2 Å². The van der Waals surface area contributed by atoms with Crippen LogP contribution < -0.4 is 4.74 Å². The van der Waals surface area contributed by atoms with Crippen molar-refractivity contribution in [1.82, 2.24) is 0 Å². The molecule has 1 spiro atoms. The molecule has 1 aromatic carbocycles. The zero-order chi connectivity index (χ0) is 12.0. The first-order valence-corrected chi connectivity index (χ1v) is 5.71. The van der Waals surface area contributed by atoms with E-state index < -0.39 is 0 Å². The second-order valence-corrected chi connectivity index (χ2v) is 4.71. The highest BCUT2D eigenvalue weighted by Crippen LogP contribution is 2.61. The van der Waals surface area contributed by atoms with Crippen molar-refractivity contribution in [3.63, 3.8) is 0 Å². The molecule has 4 heteroatoms. The van der Waals surface area contributed by atoms with Crippen molar-refractivity contribution in [1.29, 1.82) is 0 Å². The maximum Gasteiger partial charge on any atom is 0.309 e. The molecule has 2 atom stereocenters. The lowest BCUT2D eigenvalue weighted by atomic mass is 9.87. The molecule has 1 aliphatic heterocycles. The van der Waals surface area contributed by atoms with Gasteiger partial charge in [0, 0.05) is 11.0 Å². The minimum atomic E-state index is -0.167. The molecule has 0 saturated heterocycles. The Morgan fingerprint density at radius 2 is 2.41 bits per heavy atom. The van der Waals surface area contributed by atoms with E-state index in [0.29, 0.717) is 6.61 Å². The number of esters is 1. The SMILES string of the molecule is COC(=O)[C@H]1C[C@@]12CCOc1ccc(O)cc12. The van der Waals surface area contributed by atoms with Crippen LogP contribution in [-0.4, -0.2) is 24.8 Å². The van der Waals surface area contributed by atoms with Crippen molar-refractivity contribution in [3.05, 3.63) is 23.8 Å². The Balaban J connectivity index is 2.01.